The molecule has 0 aliphatic heterocycles. The van der Waals surface area contributed by atoms with E-state index in [2.05, 4.69) is 58.6 Å². The Morgan fingerprint density at radius 3 is 2.63 bits per heavy atom. The molecule has 0 aromatic carbocycles. The van der Waals surface area contributed by atoms with E-state index in [-0.39, 0.29) is 5.41 Å². The predicted molar refractivity (Wildman–Crippen MR) is 85.1 cm³/mol. The number of hydrogen-bond donors (Lipinski definition) is 0. The summed E-state index contributed by atoms with van der Waals surface area (Å²) >= 11 is 0. The Bertz CT molecular complexity index is 504. The summed E-state index contributed by atoms with van der Waals surface area (Å²) in [6.07, 6.45) is 13.9. The summed E-state index contributed by atoms with van der Waals surface area (Å²) in [6, 6.07) is 0. The van der Waals surface area contributed by atoms with Gasteiger partial charge >= 0.3 is 0 Å². The lowest BCUT2D eigenvalue weighted by Gasteiger charge is -2.28. The van der Waals surface area contributed by atoms with Gasteiger partial charge < -0.3 is 0 Å². The Hall–Kier alpha value is -1.30. The summed E-state index contributed by atoms with van der Waals surface area (Å²) < 4.78 is 0. The highest BCUT2D eigenvalue weighted by molar-refractivity contribution is 5.65. The Labute approximate surface area is 118 Å². The topological polar surface area (TPSA) is 0 Å². The first kappa shape index (κ1) is 14.1. The minimum atomic E-state index is 0.153. The van der Waals surface area contributed by atoms with E-state index in [1.807, 2.05) is 0 Å². The lowest BCUT2D eigenvalue weighted by atomic mass is 9.76. The average Bonchev–Trinajstić information content (AvgIpc) is 2.58. The zero-order valence-electron chi connectivity index (χ0n) is 12.8. The van der Waals surface area contributed by atoms with Gasteiger partial charge in [-0.15, -0.1) is 0 Å². The van der Waals surface area contributed by atoms with Gasteiger partial charge in [-0.25, -0.2) is 0 Å². The fraction of sp³-hybridized carbons (Fsp3) is 0.474. The summed E-state index contributed by atoms with van der Waals surface area (Å²) in [6.45, 7) is 13.1. The number of allylic oxidation sites excluding steroid dienone is 9. The van der Waals surface area contributed by atoms with Crippen LogP contribution in [0.5, 0.6) is 0 Å². The first-order valence-electron chi connectivity index (χ1n) is 7.49. The molecule has 0 saturated carbocycles. The van der Waals surface area contributed by atoms with Gasteiger partial charge in [0.05, 0.1) is 0 Å². The van der Waals surface area contributed by atoms with Crippen LogP contribution in [0.15, 0.2) is 58.7 Å². The minimum Gasteiger partial charge on any atom is -0.0987 e. The van der Waals surface area contributed by atoms with Crippen molar-refractivity contribution in [3.8, 4) is 0 Å². The molecule has 0 heteroatoms. The van der Waals surface area contributed by atoms with E-state index in [0.717, 1.165) is 0 Å². The van der Waals surface area contributed by atoms with E-state index in [1.54, 1.807) is 11.1 Å². The molecule has 0 nitrogen and oxygen atoms in total. The van der Waals surface area contributed by atoms with Crippen LogP contribution in [0.3, 0.4) is 0 Å². The third-order valence-corrected chi connectivity index (χ3v) is 4.49. The van der Waals surface area contributed by atoms with Crippen LogP contribution in [-0.2, 0) is 0 Å². The SMILES string of the molecule is C=CC1=C(/C=C\C)C2=C(CCC(CCC)=C2)C1(C)C. The second-order valence-electron chi connectivity index (χ2n) is 6.10. The van der Waals surface area contributed by atoms with Crippen LogP contribution in [0.1, 0.15) is 53.4 Å². The maximum atomic E-state index is 4.04. The summed E-state index contributed by atoms with van der Waals surface area (Å²) in [5.74, 6) is 0. The van der Waals surface area contributed by atoms with Gasteiger partial charge in [0, 0.05) is 5.41 Å². The third kappa shape index (κ3) is 2.29. The second-order valence-corrected chi connectivity index (χ2v) is 6.10. The zero-order chi connectivity index (χ0) is 14.0. The van der Waals surface area contributed by atoms with Crippen molar-refractivity contribution in [2.24, 2.45) is 5.41 Å². The molecule has 0 unspecified atom stereocenters. The maximum Gasteiger partial charge on any atom is 0.0120 e. The van der Waals surface area contributed by atoms with Gasteiger partial charge in [-0.2, -0.15) is 0 Å². The molecule has 19 heavy (non-hydrogen) atoms. The largest absolute Gasteiger partial charge is 0.0987 e. The smallest absolute Gasteiger partial charge is 0.0120 e. The molecule has 0 atom stereocenters. The summed E-state index contributed by atoms with van der Waals surface area (Å²) in [5.41, 5.74) is 7.64. The highest BCUT2D eigenvalue weighted by atomic mass is 14.4. The molecular weight excluding hydrogens is 228 g/mol. The van der Waals surface area contributed by atoms with Crippen molar-refractivity contribution in [1.29, 1.82) is 0 Å². The third-order valence-electron chi connectivity index (χ3n) is 4.49. The van der Waals surface area contributed by atoms with Gasteiger partial charge in [0.1, 0.15) is 0 Å². The Morgan fingerprint density at radius 1 is 1.32 bits per heavy atom. The fourth-order valence-electron chi connectivity index (χ4n) is 3.55. The first-order chi connectivity index (χ1) is 9.06. The van der Waals surface area contributed by atoms with Crippen LogP contribution >= 0.6 is 0 Å². The fourth-order valence-corrected chi connectivity index (χ4v) is 3.55. The number of rotatable bonds is 4. The normalized spacial score (nSPS) is 22.0. The predicted octanol–water partition coefficient (Wildman–Crippen LogP) is 5.90. The van der Waals surface area contributed by atoms with Gasteiger partial charge in [-0.05, 0) is 42.9 Å². The molecule has 0 N–H and O–H groups in total. The van der Waals surface area contributed by atoms with E-state index < -0.39 is 0 Å². The lowest BCUT2D eigenvalue weighted by molar-refractivity contribution is 0.531. The van der Waals surface area contributed by atoms with Crippen molar-refractivity contribution in [1.82, 2.24) is 0 Å². The average molecular weight is 254 g/mol. The lowest BCUT2D eigenvalue weighted by Crippen LogP contribution is -2.15. The van der Waals surface area contributed by atoms with E-state index in [4.69, 9.17) is 0 Å². The molecule has 0 radical (unpaired) electrons. The van der Waals surface area contributed by atoms with Crippen molar-refractivity contribution in [2.75, 3.05) is 0 Å². The molecule has 0 fully saturated rings. The maximum absolute atomic E-state index is 4.04. The molecule has 0 bridgehead atoms. The van der Waals surface area contributed by atoms with Gasteiger partial charge in [0.2, 0.25) is 0 Å². The molecule has 0 spiro atoms. The zero-order valence-corrected chi connectivity index (χ0v) is 12.8. The molecule has 0 amide bonds. The van der Waals surface area contributed by atoms with E-state index in [9.17, 15) is 0 Å². The number of hydrogen-bond acceptors (Lipinski definition) is 0. The highest BCUT2D eigenvalue weighted by Crippen LogP contribution is 2.52. The van der Waals surface area contributed by atoms with Gasteiger partial charge in [-0.3, -0.25) is 0 Å². The molecule has 2 aliphatic carbocycles. The van der Waals surface area contributed by atoms with Crippen molar-refractivity contribution in [3.63, 3.8) is 0 Å². The van der Waals surface area contributed by atoms with Crippen LogP contribution in [0.25, 0.3) is 0 Å². The first-order valence-corrected chi connectivity index (χ1v) is 7.49. The quantitative estimate of drug-likeness (QED) is 0.585. The summed E-state index contributed by atoms with van der Waals surface area (Å²) in [7, 11) is 0. The van der Waals surface area contributed by atoms with Crippen molar-refractivity contribution in [3.05, 3.63) is 58.7 Å². The van der Waals surface area contributed by atoms with Crippen LogP contribution in [-0.4, -0.2) is 0 Å². The molecule has 2 rings (SSSR count). The summed E-state index contributed by atoms with van der Waals surface area (Å²) in [4.78, 5) is 0. The standard InChI is InChI=1S/C19H26/c1-6-9-14-11-12-18-16(13-14)15(10-7-2)17(8-3)19(18,4)5/h7-8,10,13H,3,6,9,11-12H2,1-2,4-5H3/b10-7-. The molecular formula is C19H26. The van der Waals surface area contributed by atoms with Gasteiger partial charge in [-0.1, -0.05) is 69.2 Å². The van der Waals surface area contributed by atoms with Crippen molar-refractivity contribution in [2.45, 2.75) is 53.4 Å². The highest BCUT2D eigenvalue weighted by Gasteiger charge is 2.37. The summed E-state index contributed by atoms with van der Waals surface area (Å²) in [5, 5.41) is 0. The van der Waals surface area contributed by atoms with E-state index >= 15 is 0 Å². The van der Waals surface area contributed by atoms with Crippen LogP contribution in [0, 0.1) is 5.41 Å². The van der Waals surface area contributed by atoms with Crippen LogP contribution in [0.4, 0.5) is 0 Å². The second kappa shape index (κ2) is 5.36. The monoisotopic (exact) mass is 254 g/mol. The molecule has 0 aromatic rings. The van der Waals surface area contributed by atoms with Crippen LogP contribution < -0.4 is 0 Å². The Kier molecular flexibility index (Phi) is 3.99. The van der Waals surface area contributed by atoms with Gasteiger partial charge in [0.25, 0.3) is 0 Å². The molecule has 102 valence electrons. The van der Waals surface area contributed by atoms with E-state index in [1.165, 1.54) is 42.4 Å². The van der Waals surface area contributed by atoms with Crippen LogP contribution in [0.2, 0.25) is 0 Å². The molecule has 0 aromatic heterocycles. The molecule has 0 heterocycles. The van der Waals surface area contributed by atoms with Crippen molar-refractivity contribution < 1.29 is 0 Å². The van der Waals surface area contributed by atoms with Crippen molar-refractivity contribution >= 4 is 0 Å². The Morgan fingerprint density at radius 2 is 2.05 bits per heavy atom. The molecule has 0 saturated heterocycles. The van der Waals surface area contributed by atoms with Gasteiger partial charge in [0.15, 0.2) is 0 Å². The Balaban J connectivity index is 2.54. The molecule has 2 aliphatic rings. The van der Waals surface area contributed by atoms with E-state index in [0.29, 0.717) is 0 Å². The minimum absolute atomic E-state index is 0.153.